The molecule has 0 radical (unpaired) electrons. The van der Waals surface area contributed by atoms with E-state index in [1.807, 2.05) is 0 Å². The van der Waals surface area contributed by atoms with Crippen molar-refractivity contribution in [1.82, 2.24) is 4.98 Å². The lowest BCUT2D eigenvalue weighted by Gasteiger charge is -2.09. The third-order valence-corrected chi connectivity index (χ3v) is 3.28. The van der Waals surface area contributed by atoms with Crippen LogP contribution in [-0.4, -0.2) is 13.4 Å². The molecule has 0 aliphatic carbocycles. The van der Waals surface area contributed by atoms with Crippen molar-refractivity contribution in [1.29, 1.82) is 0 Å². The Morgan fingerprint density at radius 2 is 2.00 bits per heavy atom. The molecule has 15 heavy (non-hydrogen) atoms. The number of nitrogens with zero attached hydrogens (tertiary/aromatic N) is 1. The van der Waals surface area contributed by atoms with Crippen molar-refractivity contribution in [3.63, 3.8) is 0 Å². The molecule has 9 heteroatoms. The quantitative estimate of drug-likeness (QED) is 0.774. The van der Waals surface area contributed by atoms with Gasteiger partial charge in [-0.3, -0.25) is 0 Å². The number of hydrogen-bond acceptors (Lipinski definition) is 4. The van der Waals surface area contributed by atoms with Gasteiger partial charge >= 0.3 is 0 Å². The molecule has 0 saturated carbocycles. The van der Waals surface area contributed by atoms with Gasteiger partial charge in [0, 0.05) is 6.20 Å². The normalized spacial score (nSPS) is 12.1. The fourth-order valence-corrected chi connectivity index (χ4v) is 2.07. The lowest BCUT2D eigenvalue weighted by molar-refractivity contribution is 0.148. The summed E-state index contributed by atoms with van der Waals surface area (Å²) >= 11 is 1.67. The van der Waals surface area contributed by atoms with E-state index in [-0.39, 0.29) is 9.26 Å². The average molecular weight is 349 g/mol. The summed E-state index contributed by atoms with van der Waals surface area (Å²) in [6.45, 7) is 0. The lowest BCUT2D eigenvalue weighted by atomic mass is 10.2. The molecule has 0 spiro atoms. The topological polar surface area (TPSA) is 99.1 Å². The van der Waals surface area contributed by atoms with E-state index in [0.29, 0.717) is 0 Å². The molecule has 0 fully saturated rings. The minimum atomic E-state index is -4.29. The summed E-state index contributed by atoms with van der Waals surface area (Å²) in [6, 6.07) is 0. The number of nitrogen functional groups attached to an aromatic ring is 1. The molecule has 1 aromatic rings. The molecule has 0 aliphatic rings. The van der Waals surface area contributed by atoms with Gasteiger partial charge in [0.25, 0.3) is 16.4 Å². The molecule has 0 bridgehead atoms. The maximum atomic E-state index is 12.6. The zero-order chi connectivity index (χ0) is 11.8. The SMILES string of the molecule is Nc1c(I)cnc(S(N)(=O)=O)c1C(F)F. The van der Waals surface area contributed by atoms with Gasteiger partial charge in [-0.1, -0.05) is 0 Å². The minimum absolute atomic E-state index is 0.246. The van der Waals surface area contributed by atoms with Crippen molar-refractivity contribution in [2.75, 3.05) is 5.73 Å². The number of sulfonamides is 1. The van der Waals surface area contributed by atoms with Crippen LogP contribution in [0.3, 0.4) is 0 Å². The highest BCUT2D eigenvalue weighted by Crippen LogP contribution is 2.32. The Labute approximate surface area is 98.0 Å². The molecule has 0 aliphatic heterocycles. The molecule has 4 N–H and O–H groups in total. The number of rotatable bonds is 2. The lowest BCUT2D eigenvalue weighted by Crippen LogP contribution is -2.18. The van der Waals surface area contributed by atoms with E-state index in [2.05, 4.69) is 4.98 Å². The van der Waals surface area contributed by atoms with Crippen LogP contribution in [0.25, 0.3) is 0 Å². The van der Waals surface area contributed by atoms with E-state index in [9.17, 15) is 17.2 Å². The summed E-state index contributed by atoms with van der Waals surface area (Å²) in [5.41, 5.74) is 4.18. The highest BCUT2D eigenvalue weighted by Gasteiger charge is 2.26. The van der Waals surface area contributed by atoms with Crippen molar-refractivity contribution in [3.05, 3.63) is 15.3 Å². The van der Waals surface area contributed by atoms with Crippen molar-refractivity contribution in [2.24, 2.45) is 5.14 Å². The van der Waals surface area contributed by atoms with Crippen molar-refractivity contribution < 1.29 is 17.2 Å². The fraction of sp³-hybridized carbons (Fsp3) is 0.167. The molecule has 5 nitrogen and oxygen atoms in total. The standard InChI is InChI=1S/C6H6F2IN3O2S/c7-5(8)3-4(10)2(9)1-12-6(3)15(11,13)14/h1,5H,(H2,10,12)(H2,11,13,14). The molecule has 0 amide bonds. The van der Waals surface area contributed by atoms with Crippen LogP contribution < -0.4 is 10.9 Å². The van der Waals surface area contributed by atoms with Gasteiger partial charge in [0.05, 0.1) is 14.8 Å². The number of halogens is 3. The number of anilines is 1. The predicted molar refractivity (Wildman–Crippen MR) is 57.7 cm³/mol. The minimum Gasteiger partial charge on any atom is -0.397 e. The molecule has 84 valence electrons. The monoisotopic (exact) mass is 349 g/mol. The number of hydrogen-bond donors (Lipinski definition) is 2. The predicted octanol–water partition coefficient (Wildman–Crippen LogP) is 0.853. The van der Waals surface area contributed by atoms with E-state index >= 15 is 0 Å². The second kappa shape index (κ2) is 4.14. The highest BCUT2D eigenvalue weighted by molar-refractivity contribution is 14.1. The van der Waals surface area contributed by atoms with Crippen molar-refractivity contribution in [3.8, 4) is 0 Å². The maximum absolute atomic E-state index is 12.6. The Morgan fingerprint density at radius 3 is 2.40 bits per heavy atom. The summed E-state index contributed by atoms with van der Waals surface area (Å²) in [7, 11) is -4.29. The van der Waals surface area contributed by atoms with Crippen LogP contribution in [-0.2, 0) is 10.0 Å². The van der Waals surface area contributed by atoms with Gasteiger partial charge in [-0.2, -0.15) is 0 Å². The van der Waals surface area contributed by atoms with E-state index < -0.39 is 27.0 Å². The van der Waals surface area contributed by atoms with Gasteiger partial charge in [0.1, 0.15) is 0 Å². The van der Waals surface area contributed by atoms with Crippen LogP contribution >= 0.6 is 22.6 Å². The van der Waals surface area contributed by atoms with Gasteiger partial charge in [0.2, 0.25) is 0 Å². The molecule has 1 heterocycles. The Balaban J connectivity index is 3.62. The van der Waals surface area contributed by atoms with Crippen LogP contribution in [0, 0.1) is 3.57 Å². The van der Waals surface area contributed by atoms with E-state index in [1.54, 1.807) is 22.6 Å². The molecule has 1 aromatic heterocycles. The largest absolute Gasteiger partial charge is 0.397 e. The molecular formula is C6H6F2IN3O2S. The van der Waals surface area contributed by atoms with Gasteiger partial charge in [-0.15, -0.1) is 0 Å². The molecule has 0 saturated heterocycles. The number of nitrogens with two attached hydrogens (primary N) is 2. The van der Waals surface area contributed by atoms with Gasteiger partial charge in [0.15, 0.2) is 5.03 Å². The van der Waals surface area contributed by atoms with Crippen LogP contribution in [0.1, 0.15) is 12.0 Å². The molecule has 0 atom stereocenters. The highest BCUT2D eigenvalue weighted by atomic mass is 127. The summed E-state index contributed by atoms with van der Waals surface area (Å²) in [5.74, 6) is 0. The van der Waals surface area contributed by atoms with E-state index in [4.69, 9.17) is 10.9 Å². The van der Waals surface area contributed by atoms with Gasteiger partial charge < -0.3 is 5.73 Å². The van der Waals surface area contributed by atoms with Gasteiger partial charge in [-0.25, -0.2) is 27.3 Å². The Kier molecular flexibility index (Phi) is 3.45. The summed E-state index contributed by atoms with van der Waals surface area (Å²) in [6.07, 6.45) is -1.97. The van der Waals surface area contributed by atoms with Crippen LogP contribution in [0.2, 0.25) is 0 Å². The van der Waals surface area contributed by atoms with Crippen LogP contribution in [0.15, 0.2) is 11.2 Å². The number of aromatic nitrogens is 1. The zero-order valence-electron chi connectivity index (χ0n) is 7.12. The zero-order valence-corrected chi connectivity index (χ0v) is 10.1. The first-order valence-corrected chi connectivity index (χ1v) is 6.12. The third-order valence-electron chi connectivity index (χ3n) is 1.56. The first kappa shape index (κ1) is 12.5. The van der Waals surface area contributed by atoms with Crippen LogP contribution in [0.4, 0.5) is 14.5 Å². The second-order valence-electron chi connectivity index (χ2n) is 2.58. The third kappa shape index (κ3) is 2.52. The maximum Gasteiger partial charge on any atom is 0.268 e. The molecular weight excluding hydrogens is 343 g/mol. The average Bonchev–Trinajstić information content (AvgIpc) is 2.06. The molecule has 1 rings (SSSR count). The Hall–Kier alpha value is -0.550. The van der Waals surface area contributed by atoms with E-state index in [1.165, 1.54) is 0 Å². The number of primary sulfonamides is 1. The number of alkyl halides is 2. The van der Waals surface area contributed by atoms with Crippen molar-refractivity contribution >= 4 is 38.3 Å². The van der Waals surface area contributed by atoms with E-state index in [0.717, 1.165) is 6.20 Å². The Morgan fingerprint density at radius 1 is 1.47 bits per heavy atom. The fourth-order valence-electron chi connectivity index (χ4n) is 0.936. The molecule has 0 unspecified atom stereocenters. The van der Waals surface area contributed by atoms with Gasteiger partial charge in [-0.05, 0) is 22.6 Å². The summed E-state index contributed by atoms with van der Waals surface area (Å²) in [4.78, 5) is 3.35. The molecule has 0 aromatic carbocycles. The smallest absolute Gasteiger partial charge is 0.268 e. The number of pyridine rings is 1. The Bertz CT molecular complexity index is 491. The first-order chi connectivity index (χ1) is 6.75. The first-order valence-electron chi connectivity index (χ1n) is 3.50. The van der Waals surface area contributed by atoms with Crippen molar-refractivity contribution in [2.45, 2.75) is 11.5 Å². The summed E-state index contributed by atoms with van der Waals surface area (Å²) in [5, 5.41) is 3.85. The summed E-state index contributed by atoms with van der Waals surface area (Å²) < 4.78 is 47.2. The van der Waals surface area contributed by atoms with Crippen LogP contribution in [0.5, 0.6) is 0 Å². The second-order valence-corrected chi connectivity index (χ2v) is 5.22.